The van der Waals surface area contributed by atoms with Crippen LogP contribution in [-0.2, 0) is 0 Å². The molecule has 2 nitrogen and oxygen atoms in total. The van der Waals surface area contributed by atoms with Crippen LogP contribution in [0.1, 0.15) is 28.3 Å². The molecule has 3 aromatic rings. The van der Waals surface area contributed by atoms with Gasteiger partial charge in [0.25, 0.3) is 0 Å². The van der Waals surface area contributed by atoms with E-state index < -0.39 is 0 Å². The fourth-order valence-corrected chi connectivity index (χ4v) is 3.14. The lowest BCUT2D eigenvalue weighted by Crippen LogP contribution is -2.20. The van der Waals surface area contributed by atoms with Crippen molar-refractivity contribution in [2.45, 2.75) is 19.9 Å². The van der Waals surface area contributed by atoms with Crippen LogP contribution in [0.3, 0.4) is 0 Å². The van der Waals surface area contributed by atoms with E-state index in [0.29, 0.717) is 0 Å². The van der Waals surface area contributed by atoms with Gasteiger partial charge in [-0.1, -0.05) is 36.4 Å². The first-order valence-electron chi connectivity index (χ1n) is 7.28. The molecule has 0 bridgehead atoms. The molecule has 0 aliphatic heterocycles. The zero-order valence-corrected chi connectivity index (χ0v) is 12.7. The highest BCUT2D eigenvalue weighted by Crippen LogP contribution is 2.31. The second kappa shape index (κ2) is 5.66. The first kappa shape index (κ1) is 13.8. The summed E-state index contributed by atoms with van der Waals surface area (Å²) in [5, 5.41) is 5.93. The molecule has 106 valence electrons. The van der Waals surface area contributed by atoms with E-state index >= 15 is 0 Å². The number of hydrogen-bond acceptors (Lipinski definition) is 2. The average molecular weight is 276 g/mol. The lowest BCUT2D eigenvalue weighted by Gasteiger charge is -2.23. The summed E-state index contributed by atoms with van der Waals surface area (Å²) in [4.78, 5) is 4.23. The van der Waals surface area contributed by atoms with Gasteiger partial charge >= 0.3 is 0 Å². The molecule has 0 saturated carbocycles. The number of benzene rings is 2. The predicted molar refractivity (Wildman–Crippen MR) is 88.6 cm³/mol. The number of aryl methyl sites for hydroxylation is 2. The van der Waals surface area contributed by atoms with Gasteiger partial charge in [0.15, 0.2) is 0 Å². The molecule has 3 rings (SSSR count). The number of hydrogen-bond donors (Lipinski definition) is 1. The average Bonchev–Trinajstić information content (AvgIpc) is 2.51. The van der Waals surface area contributed by atoms with Crippen LogP contribution in [0.25, 0.3) is 10.8 Å². The minimum Gasteiger partial charge on any atom is -0.309 e. The number of pyridine rings is 1. The Labute approximate surface area is 125 Å². The Bertz CT molecular complexity index is 752. The van der Waals surface area contributed by atoms with Crippen molar-refractivity contribution >= 4 is 10.8 Å². The first-order chi connectivity index (χ1) is 10.2. The molecule has 1 atom stereocenters. The van der Waals surface area contributed by atoms with Gasteiger partial charge in [0.05, 0.1) is 6.04 Å². The standard InChI is InChI=1S/C19H20N2/c1-13-6-4-7-14(2)18(13)19(20-3)17-9-5-8-15-12-21-11-10-16(15)17/h4-12,19-20H,1-3H3. The molecule has 0 saturated heterocycles. The minimum absolute atomic E-state index is 0.192. The molecule has 0 radical (unpaired) electrons. The van der Waals surface area contributed by atoms with Gasteiger partial charge in [-0.25, -0.2) is 0 Å². The van der Waals surface area contributed by atoms with Crippen LogP contribution in [0.4, 0.5) is 0 Å². The van der Waals surface area contributed by atoms with E-state index in [2.05, 4.69) is 66.6 Å². The number of aromatic nitrogens is 1. The van der Waals surface area contributed by atoms with Gasteiger partial charge in [-0.3, -0.25) is 4.98 Å². The molecule has 0 aliphatic rings. The molecule has 1 heterocycles. The van der Waals surface area contributed by atoms with E-state index in [4.69, 9.17) is 0 Å². The quantitative estimate of drug-likeness (QED) is 0.777. The number of nitrogens with zero attached hydrogens (tertiary/aromatic N) is 1. The topological polar surface area (TPSA) is 24.9 Å². The maximum atomic E-state index is 4.23. The minimum atomic E-state index is 0.192. The second-order valence-electron chi connectivity index (χ2n) is 5.47. The molecule has 0 amide bonds. The van der Waals surface area contributed by atoms with Gasteiger partial charge in [0.2, 0.25) is 0 Å². The highest BCUT2D eigenvalue weighted by molar-refractivity contribution is 5.85. The van der Waals surface area contributed by atoms with Crippen LogP contribution >= 0.6 is 0 Å². The molecule has 1 unspecified atom stereocenters. The van der Waals surface area contributed by atoms with Crippen molar-refractivity contribution in [3.8, 4) is 0 Å². The largest absolute Gasteiger partial charge is 0.309 e. The Kier molecular flexibility index (Phi) is 3.72. The van der Waals surface area contributed by atoms with Crippen LogP contribution < -0.4 is 5.32 Å². The summed E-state index contributed by atoms with van der Waals surface area (Å²) >= 11 is 0. The summed E-state index contributed by atoms with van der Waals surface area (Å²) in [5.41, 5.74) is 5.31. The van der Waals surface area contributed by atoms with Gasteiger partial charge in [-0.05, 0) is 54.6 Å². The molecule has 0 spiro atoms. The maximum Gasteiger partial charge on any atom is 0.0585 e. The van der Waals surface area contributed by atoms with Crippen molar-refractivity contribution in [2.24, 2.45) is 0 Å². The Morgan fingerprint density at radius 3 is 2.38 bits per heavy atom. The zero-order chi connectivity index (χ0) is 14.8. The normalized spacial score (nSPS) is 12.5. The summed E-state index contributed by atoms with van der Waals surface area (Å²) in [6.45, 7) is 4.36. The third kappa shape index (κ3) is 2.43. The Hall–Kier alpha value is -2.19. The van der Waals surface area contributed by atoms with E-state index in [-0.39, 0.29) is 6.04 Å². The lowest BCUT2D eigenvalue weighted by atomic mass is 9.89. The van der Waals surface area contributed by atoms with Crippen LogP contribution in [0.15, 0.2) is 54.9 Å². The lowest BCUT2D eigenvalue weighted by molar-refractivity contribution is 0.688. The van der Waals surface area contributed by atoms with E-state index in [1.54, 1.807) is 0 Å². The monoisotopic (exact) mass is 276 g/mol. The van der Waals surface area contributed by atoms with E-state index in [1.165, 1.54) is 33.0 Å². The highest BCUT2D eigenvalue weighted by atomic mass is 14.9. The van der Waals surface area contributed by atoms with Crippen LogP contribution in [0, 0.1) is 13.8 Å². The highest BCUT2D eigenvalue weighted by Gasteiger charge is 2.18. The predicted octanol–water partition coefficient (Wildman–Crippen LogP) is 4.16. The van der Waals surface area contributed by atoms with Gasteiger partial charge in [-0.15, -0.1) is 0 Å². The van der Waals surface area contributed by atoms with Gasteiger partial charge in [-0.2, -0.15) is 0 Å². The Morgan fingerprint density at radius 2 is 1.67 bits per heavy atom. The van der Waals surface area contributed by atoms with Gasteiger partial charge < -0.3 is 5.32 Å². The van der Waals surface area contributed by atoms with Crippen molar-refractivity contribution in [1.29, 1.82) is 0 Å². The molecule has 2 heteroatoms. The van der Waals surface area contributed by atoms with Gasteiger partial charge in [0, 0.05) is 17.8 Å². The molecule has 0 fully saturated rings. The molecule has 1 aromatic heterocycles. The van der Waals surface area contributed by atoms with Crippen LogP contribution in [0.5, 0.6) is 0 Å². The molecule has 0 aliphatic carbocycles. The molecule has 21 heavy (non-hydrogen) atoms. The van der Waals surface area contributed by atoms with Crippen molar-refractivity contribution in [3.63, 3.8) is 0 Å². The number of rotatable bonds is 3. The Morgan fingerprint density at radius 1 is 0.952 bits per heavy atom. The Balaban J connectivity index is 2.24. The fraction of sp³-hybridized carbons (Fsp3) is 0.211. The summed E-state index contributed by atoms with van der Waals surface area (Å²) in [5.74, 6) is 0. The van der Waals surface area contributed by atoms with Crippen molar-refractivity contribution < 1.29 is 0 Å². The molecule has 1 N–H and O–H groups in total. The third-order valence-electron chi connectivity index (χ3n) is 4.14. The number of fused-ring (bicyclic) bond motifs is 1. The fourth-order valence-electron chi connectivity index (χ4n) is 3.14. The van der Waals surface area contributed by atoms with E-state index in [9.17, 15) is 0 Å². The van der Waals surface area contributed by atoms with Crippen LogP contribution in [0.2, 0.25) is 0 Å². The SMILES string of the molecule is CNC(c1c(C)cccc1C)c1cccc2cnccc12. The van der Waals surface area contributed by atoms with E-state index in [1.807, 2.05) is 19.4 Å². The summed E-state index contributed by atoms with van der Waals surface area (Å²) in [6, 6.07) is 15.2. The van der Waals surface area contributed by atoms with Gasteiger partial charge in [0.1, 0.15) is 0 Å². The maximum absolute atomic E-state index is 4.23. The van der Waals surface area contributed by atoms with Crippen molar-refractivity contribution in [1.82, 2.24) is 10.3 Å². The molecule has 2 aromatic carbocycles. The van der Waals surface area contributed by atoms with Crippen molar-refractivity contribution in [3.05, 3.63) is 77.1 Å². The summed E-state index contributed by atoms with van der Waals surface area (Å²) in [6.07, 6.45) is 3.79. The number of nitrogens with one attached hydrogen (secondary N) is 1. The van der Waals surface area contributed by atoms with E-state index in [0.717, 1.165) is 0 Å². The third-order valence-corrected chi connectivity index (χ3v) is 4.14. The molecular formula is C19H20N2. The molecular weight excluding hydrogens is 256 g/mol. The van der Waals surface area contributed by atoms with Crippen LogP contribution in [-0.4, -0.2) is 12.0 Å². The zero-order valence-electron chi connectivity index (χ0n) is 12.7. The first-order valence-corrected chi connectivity index (χ1v) is 7.28. The summed E-state index contributed by atoms with van der Waals surface area (Å²) < 4.78 is 0. The summed E-state index contributed by atoms with van der Waals surface area (Å²) in [7, 11) is 2.02. The van der Waals surface area contributed by atoms with Crippen molar-refractivity contribution in [2.75, 3.05) is 7.05 Å². The smallest absolute Gasteiger partial charge is 0.0585 e. The second-order valence-corrected chi connectivity index (χ2v) is 5.47.